The van der Waals surface area contributed by atoms with Crippen molar-refractivity contribution in [3.63, 3.8) is 0 Å². The Labute approximate surface area is 111 Å². The second-order valence-electron chi connectivity index (χ2n) is 8.16. The van der Waals surface area contributed by atoms with Crippen LogP contribution in [0.15, 0.2) is 16.8 Å². The molecule has 0 aromatic carbocycles. The summed E-state index contributed by atoms with van der Waals surface area (Å²) in [7, 11) is -3.42. The first-order chi connectivity index (χ1) is 7.34. The van der Waals surface area contributed by atoms with Crippen molar-refractivity contribution in [3.8, 4) is 0 Å². The zero-order valence-corrected chi connectivity index (χ0v) is 16.3. The number of rotatable bonds is 5. The quantitative estimate of drug-likeness (QED) is 0.516. The van der Waals surface area contributed by atoms with Gasteiger partial charge in [-0.3, -0.25) is 4.99 Å². The highest BCUT2D eigenvalue weighted by Gasteiger charge is 2.36. The summed E-state index contributed by atoms with van der Waals surface area (Å²) in [6.07, 6.45) is 4.25. The van der Waals surface area contributed by atoms with E-state index in [9.17, 15) is 0 Å². The van der Waals surface area contributed by atoms with Crippen molar-refractivity contribution in [3.05, 3.63) is 11.8 Å². The van der Waals surface area contributed by atoms with Crippen molar-refractivity contribution < 1.29 is 0 Å². The van der Waals surface area contributed by atoms with Gasteiger partial charge in [0.25, 0.3) is 0 Å². The van der Waals surface area contributed by atoms with Crippen LogP contribution in [0.4, 0.5) is 0 Å². The second kappa shape index (κ2) is 5.80. The Morgan fingerprint density at radius 2 is 1.18 bits per heavy atom. The Hall–Kier alpha value is 0.0606. The van der Waals surface area contributed by atoms with E-state index in [1.165, 1.54) is 0 Å². The van der Waals surface area contributed by atoms with Gasteiger partial charge in [-0.15, -0.1) is 0 Å². The topological polar surface area (TPSA) is 12.4 Å². The molecule has 0 saturated carbocycles. The van der Waals surface area contributed by atoms with Gasteiger partial charge in [-0.05, 0) is 0 Å². The molecule has 0 saturated heterocycles. The van der Waals surface area contributed by atoms with Gasteiger partial charge in [-0.2, -0.15) is 0 Å². The van der Waals surface area contributed by atoms with E-state index in [1.54, 1.807) is 0 Å². The molecule has 0 fully saturated rings. The maximum atomic E-state index is 4.90. The van der Waals surface area contributed by atoms with E-state index in [4.69, 9.17) is 4.99 Å². The summed E-state index contributed by atoms with van der Waals surface area (Å²) in [6.45, 7) is 21.7. The van der Waals surface area contributed by atoms with Crippen molar-refractivity contribution >= 4 is 30.4 Å². The Morgan fingerprint density at radius 1 is 0.765 bits per heavy atom. The third kappa shape index (κ3) is 7.89. The van der Waals surface area contributed by atoms with Gasteiger partial charge in [0.1, 0.15) is 0 Å². The first kappa shape index (κ1) is 17.1. The van der Waals surface area contributed by atoms with Gasteiger partial charge in [-0.1, -0.05) is 70.7 Å². The molecule has 0 spiro atoms. The summed E-state index contributed by atoms with van der Waals surface area (Å²) in [6, 6.07) is 0. The first-order valence-corrected chi connectivity index (χ1v) is 17.3. The van der Waals surface area contributed by atoms with Crippen LogP contribution in [-0.2, 0) is 0 Å². The highest BCUT2D eigenvalue weighted by atomic mass is 28.4. The molecule has 0 atom stereocenters. The molecule has 100 valence electrons. The predicted octanol–water partition coefficient (Wildman–Crippen LogP) is 4.61. The van der Waals surface area contributed by atoms with Crippen molar-refractivity contribution in [1.82, 2.24) is 0 Å². The van der Waals surface area contributed by atoms with Gasteiger partial charge in [0.2, 0.25) is 0 Å². The molecule has 0 unspecified atom stereocenters. The summed E-state index contributed by atoms with van der Waals surface area (Å²) in [5.41, 5.74) is 2.36. The zero-order chi connectivity index (χ0) is 13.9. The van der Waals surface area contributed by atoms with E-state index in [2.05, 4.69) is 76.9 Å². The highest BCUT2D eigenvalue weighted by Crippen LogP contribution is 2.22. The van der Waals surface area contributed by atoms with Gasteiger partial charge >= 0.3 is 0 Å². The van der Waals surface area contributed by atoms with Gasteiger partial charge in [0.05, 0.1) is 24.2 Å². The lowest BCUT2D eigenvalue weighted by Crippen LogP contribution is -2.52. The van der Waals surface area contributed by atoms with E-state index in [0.29, 0.717) is 5.29 Å². The van der Waals surface area contributed by atoms with Gasteiger partial charge in [-0.25, -0.2) is 0 Å². The van der Waals surface area contributed by atoms with Crippen molar-refractivity contribution in [1.29, 1.82) is 0 Å². The van der Waals surface area contributed by atoms with Crippen LogP contribution in [0.5, 0.6) is 0 Å². The monoisotopic (exact) mass is 285 g/mol. The average Bonchev–Trinajstić information content (AvgIpc) is 1.95. The molecule has 0 aliphatic rings. The summed E-state index contributed by atoms with van der Waals surface area (Å²) in [5.74, 6) is 0. The molecule has 0 aliphatic heterocycles. The zero-order valence-electron chi connectivity index (χ0n) is 13.3. The second-order valence-corrected chi connectivity index (χ2v) is 24.4. The third-order valence-corrected chi connectivity index (χ3v) is 12.5. The van der Waals surface area contributed by atoms with E-state index in [0.717, 1.165) is 0 Å². The van der Waals surface area contributed by atoms with Crippen LogP contribution in [0.2, 0.25) is 58.9 Å². The Balaban J connectivity index is 4.81. The van der Waals surface area contributed by atoms with E-state index < -0.39 is 24.2 Å². The van der Waals surface area contributed by atoms with E-state index in [-0.39, 0.29) is 0 Å². The molecule has 0 heterocycles. The smallest absolute Gasteiger partial charge is 0.0693 e. The minimum Gasteiger partial charge on any atom is -0.296 e. The minimum atomic E-state index is -1.18. The Kier molecular flexibility index (Phi) is 5.82. The van der Waals surface area contributed by atoms with Crippen LogP contribution in [0, 0.1) is 0 Å². The molecule has 0 radical (unpaired) electrons. The van der Waals surface area contributed by atoms with Crippen molar-refractivity contribution in [2.45, 2.75) is 64.2 Å². The number of hydrogen-bond acceptors (Lipinski definition) is 1. The van der Waals surface area contributed by atoms with Gasteiger partial charge in [0.15, 0.2) is 0 Å². The number of aliphatic imine (C=N–C) groups is 1. The van der Waals surface area contributed by atoms with Crippen LogP contribution >= 0.6 is 0 Å². The van der Waals surface area contributed by atoms with Gasteiger partial charge < -0.3 is 0 Å². The van der Waals surface area contributed by atoms with Crippen LogP contribution < -0.4 is 0 Å². The van der Waals surface area contributed by atoms with Gasteiger partial charge in [0, 0.05) is 11.5 Å². The number of hydrogen-bond donors (Lipinski definition) is 0. The van der Waals surface area contributed by atoms with Crippen molar-refractivity contribution in [2.75, 3.05) is 0 Å². The summed E-state index contributed by atoms with van der Waals surface area (Å²) in [4.78, 5) is 4.90. The molecule has 0 aromatic rings. The molecule has 0 N–H and O–H groups in total. The average molecular weight is 286 g/mol. The molecule has 17 heavy (non-hydrogen) atoms. The molecule has 0 amide bonds. The molecule has 4 heteroatoms. The molecule has 0 aliphatic carbocycles. The van der Waals surface area contributed by atoms with Crippen molar-refractivity contribution in [2.24, 2.45) is 4.99 Å². The molecule has 0 bridgehead atoms. The maximum Gasteiger partial charge on any atom is 0.0693 e. The summed E-state index contributed by atoms with van der Waals surface area (Å²) in [5, 5.41) is 0.626. The summed E-state index contributed by atoms with van der Waals surface area (Å²) >= 11 is 0. The molecule has 0 aromatic heterocycles. The fourth-order valence-electron chi connectivity index (χ4n) is 2.21. The van der Waals surface area contributed by atoms with Crippen LogP contribution in [0.25, 0.3) is 0 Å². The molecule has 0 rings (SSSR count). The molecular weight excluding hydrogens is 254 g/mol. The minimum absolute atomic E-state index is 0.626. The summed E-state index contributed by atoms with van der Waals surface area (Å²) < 4.78 is 0. The normalized spacial score (nSPS) is 15.4. The third-order valence-electron chi connectivity index (χ3n) is 2.56. The lowest BCUT2D eigenvalue weighted by molar-refractivity contribution is 1.13. The highest BCUT2D eigenvalue weighted by molar-refractivity contribution is 6.96. The maximum absolute atomic E-state index is 4.90. The lowest BCUT2D eigenvalue weighted by Gasteiger charge is -2.34. The molecule has 1 nitrogen and oxygen atoms in total. The fourth-order valence-corrected chi connectivity index (χ4v) is 14.3. The van der Waals surface area contributed by atoms with E-state index >= 15 is 0 Å². The standard InChI is InChI=1S/C13H31NSi3/c1-15(2,3)12-10-11-14-13(16(4,5)6)17(7,8)9/h10-13H,1-9H3/b12-10+,14-11+. The Morgan fingerprint density at radius 3 is 1.47 bits per heavy atom. The van der Waals surface area contributed by atoms with Crippen LogP contribution in [0.1, 0.15) is 0 Å². The van der Waals surface area contributed by atoms with E-state index in [1.807, 2.05) is 0 Å². The largest absolute Gasteiger partial charge is 0.296 e. The predicted molar refractivity (Wildman–Crippen MR) is 91.5 cm³/mol. The number of nitrogens with zero attached hydrogens (tertiary/aromatic N) is 1. The van der Waals surface area contributed by atoms with Crippen LogP contribution in [-0.4, -0.2) is 35.7 Å². The molecular formula is C13H31NSi3. The SMILES string of the molecule is C[Si](C)(C)/C=C/C=N/C([Si](C)(C)C)[Si](C)(C)C. The van der Waals surface area contributed by atoms with Crippen LogP contribution in [0.3, 0.4) is 0 Å². The lowest BCUT2D eigenvalue weighted by atomic mass is 10.7. The fraction of sp³-hybridized carbons (Fsp3) is 0.769. The first-order valence-electron chi connectivity index (χ1n) is 6.55. The Bertz CT molecular complexity index is 273. The number of allylic oxidation sites excluding steroid dienone is 1.